The molecule has 1 aliphatic heterocycles. The van der Waals surface area contributed by atoms with Crippen LogP contribution >= 0.6 is 0 Å². The smallest absolute Gasteiger partial charge is 0.416 e. The highest BCUT2D eigenvalue weighted by atomic mass is 19.4. The zero-order valence-electron chi connectivity index (χ0n) is 9.78. The Bertz CT molecular complexity index is 476. The first kappa shape index (κ1) is 13.7. The minimum Gasteiger partial charge on any atom is -0.444 e. The summed E-state index contributed by atoms with van der Waals surface area (Å²) in [6.45, 7) is -0.324. The van der Waals surface area contributed by atoms with E-state index in [4.69, 9.17) is 9.84 Å². The van der Waals surface area contributed by atoms with Crippen LogP contribution in [0.25, 0.3) is 0 Å². The second-order valence-corrected chi connectivity index (χ2v) is 4.28. The Labute approximate surface area is 107 Å². The minimum absolute atomic E-state index is 0.119. The molecule has 2 atom stereocenters. The first-order chi connectivity index (χ1) is 8.90. The third kappa shape index (κ3) is 3.17. The Hall–Kier alpha value is -1.76. The van der Waals surface area contributed by atoms with Crippen molar-refractivity contribution in [3.63, 3.8) is 0 Å². The van der Waals surface area contributed by atoms with Crippen molar-refractivity contribution in [1.82, 2.24) is 5.32 Å². The number of carbonyl (C=O) groups is 1. The molecule has 0 aromatic heterocycles. The maximum atomic E-state index is 12.5. The molecule has 0 bridgehead atoms. The molecule has 1 aliphatic rings. The van der Waals surface area contributed by atoms with Crippen molar-refractivity contribution in [2.24, 2.45) is 0 Å². The number of halogens is 3. The van der Waals surface area contributed by atoms with Crippen molar-refractivity contribution in [1.29, 1.82) is 0 Å². The number of benzene rings is 1. The van der Waals surface area contributed by atoms with Crippen LogP contribution in [0.1, 0.15) is 11.1 Å². The Balaban J connectivity index is 2.13. The van der Waals surface area contributed by atoms with Crippen LogP contribution in [-0.2, 0) is 17.3 Å². The molecule has 0 radical (unpaired) electrons. The first-order valence-electron chi connectivity index (χ1n) is 5.64. The Morgan fingerprint density at radius 2 is 2.11 bits per heavy atom. The molecule has 1 saturated heterocycles. The number of cyclic esters (lactones) is 1. The molecule has 7 heteroatoms. The minimum atomic E-state index is -4.41. The summed E-state index contributed by atoms with van der Waals surface area (Å²) >= 11 is 0. The predicted octanol–water partition coefficient (Wildman–Crippen LogP) is 1.72. The maximum Gasteiger partial charge on any atom is 0.416 e. The molecule has 19 heavy (non-hydrogen) atoms. The van der Waals surface area contributed by atoms with Gasteiger partial charge in [0.1, 0.15) is 6.10 Å². The Morgan fingerprint density at radius 1 is 1.37 bits per heavy atom. The van der Waals surface area contributed by atoms with E-state index in [1.54, 1.807) is 0 Å². The second-order valence-electron chi connectivity index (χ2n) is 4.28. The zero-order valence-corrected chi connectivity index (χ0v) is 9.78. The van der Waals surface area contributed by atoms with Crippen LogP contribution in [0.3, 0.4) is 0 Å². The van der Waals surface area contributed by atoms with E-state index in [-0.39, 0.29) is 13.0 Å². The third-order valence-corrected chi connectivity index (χ3v) is 2.90. The van der Waals surface area contributed by atoms with Crippen LogP contribution in [0.5, 0.6) is 0 Å². The average molecular weight is 275 g/mol. The molecule has 2 rings (SSSR count). The predicted molar refractivity (Wildman–Crippen MR) is 59.4 cm³/mol. The van der Waals surface area contributed by atoms with Gasteiger partial charge in [-0.25, -0.2) is 4.79 Å². The highest BCUT2D eigenvalue weighted by Crippen LogP contribution is 2.30. The van der Waals surface area contributed by atoms with E-state index < -0.39 is 30.0 Å². The van der Waals surface area contributed by atoms with Crippen molar-refractivity contribution in [3.8, 4) is 0 Å². The summed E-state index contributed by atoms with van der Waals surface area (Å²) in [6.07, 6.45) is -5.62. The number of hydrogen-bond donors (Lipinski definition) is 2. The fraction of sp³-hybridized carbons (Fsp3) is 0.417. The molecule has 1 aromatic carbocycles. The molecule has 2 N–H and O–H groups in total. The summed E-state index contributed by atoms with van der Waals surface area (Å²) in [4.78, 5) is 11.0. The standard InChI is InChI=1S/C12H12F3NO3/c13-12(14,15)8-3-1-2-7(4-8)5-10-9(6-17)16-11(18)19-10/h1-4,9-10,17H,5-6H2,(H,16,18). The van der Waals surface area contributed by atoms with Gasteiger partial charge in [0.2, 0.25) is 0 Å². The van der Waals surface area contributed by atoms with Gasteiger partial charge in [0, 0.05) is 6.42 Å². The van der Waals surface area contributed by atoms with E-state index in [1.807, 2.05) is 0 Å². The number of alkyl carbamates (subject to hydrolysis) is 1. The van der Waals surface area contributed by atoms with Crippen LogP contribution in [0.2, 0.25) is 0 Å². The molecule has 2 unspecified atom stereocenters. The lowest BCUT2D eigenvalue weighted by molar-refractivity contribution is -0.137. The normalized spacial score (nSPS) is 23.1. The van der Waals surface area contributed by atoms with E-state index in [9.17, 15) is 18.0 Å². The van der Waals surface area contributed by atoms with Crippen LogP contribution in [0, 0.1) is 0 Å². The number of nitrogens with one attached hydrogen (secondary N) is 1. The molecule has 0 spiro atoms. The molecule has 4 nitrogen and oxygen atoms in total. The van der Waals surface area contributed by atoms with Crippen LogP contribution in [0.4, 0.5) is 18.0 Å². The number of aliphatic hydroxyl groups is 1. The van der Waals surface area contributed by atoms with Gasteiger partial charge in [0.05, 0.1) is 18.2 Å². The number of hydrogen-bond acceptors (Lipinski definition) is 3. The zero-order chi connectivity index (χ0) is 14.0. The Kier molecular flexibility index (Phi) is 3.66. The number of ether oxygens (including phenoxy) is 1. The average Bonchev–Trinajstić information content (AvgIpc) is 2.69. The van der Waals surface area contributed by atoms with Crippen molar-refractivity contribution in [2.75, 3.05) is 6.61 Å². The van der Waals surface area contributed by atoms with E-state index in [0.29, 0.717) is 5.56 Å². The number of rotatable bonds is 3. The Morgan fingerprint density at radius 3 is 2.74 bits per heavy atom. The molecule has 1 aromatic rings. The highest BCUT2D eigenvalue weighted by Gasteiger charge is 2.34. The van der Waals surface area contributed by atoms with Gasteiger partial charge in [-0.05, 0) is 11.6 Å². The van der Waals surface area contributed by atoms with Gasteiger partial charge in [-0.15, -0.1) is 0 Å². The SMILES string of the molecule is O=C1NC(CO)C(Cc2cccc(C(F)(F)F)c2)O1. The number of alkyl halides is 3. The molecule has 1 amide bonds. The van der Waals surface area contributed by atoms with E-state index >= 15 is 0 Å². The number of carbonyl (C=O) groups excluding carboxylic acids is 1. The van der Waals surface area contributed by atoms with E-state index in [0.717, 1.165) is 12.1 Å². The van der Waals surface area contributed by atoms with Gasteiger partial charge in [-0.2, -0.15) is 13.2 Å². The van der Waals surface area contributed by atoms with Crippen molar-refractivity contribution < 1.29 is 27.8 Å². The lowest BCUT2D eigenvalue weighted by atomic mass is 10.0. The van der Waals surface area contributed by atoms with Gasteiger partial charge in [-0.1, -0.05) is 18.2 Å². The summed E-state index contributed by atoms with van der Waals surface area (Å²) in [5.41, 5.74) is -0.349. The molecule has 0 saturated carbocycles. The monoisotopic (exact) mass is 275 g/mol. The van der Waals surface area contributed by atoms with Gasteiger partial charge >= 0.3 is 12.3 Å². The van der Waals surface area contributed by atoms with Crippen molar-refractivity contribution >= 4 is 6.09 Å². The summed E-state index contributed by atoms with van der Waals surface area (Å²) in [7, 11) is 0. The van der Waals surface area contributed by atoms with E-state index in [2.05, 4.69) is 5.32 Å². The summed E-state index contributed by atoms with van der Waals surface area (Å²) < 4.78 is 42.5. The number of aliphatic hydroxyl groups excluding tert-OH is 1. The summed E-state index contributed by atoms with van der Waals surface area (Å²) in [6, 6.07) is 4.22. The first-order valence-corrected chi connectivity index (χ1v) is 5.64. The van der Waals surface area contributed by atoms with Gasteiger partial charge < -0.3 is 15.2 Å². The fourth-order valence-electron chi connectivity index (χ4n) is 1.95. The van der Waals surface area contributed by atoms with Crippen molar-refractivity contribution in [2.45, 2.75) is 24.7 Å². The largest absolute Gasteiger partial charge is 0.444 e. The number of amides is 1. The highest BCUT2D eigenvalue weighted by molar-refractivity contribution is 5.70. The fourth-order valence-corrected chi connectivity index (χ4v) is 1.95. The second kappa shape index (κ2) is 5.08. The maximum absolute atomic E-state index is 12.5. The molecule has 104 valence electrons. The van der Waals surface area contributed by atoms with Crippen molar-refractivity contribution in [3.05, 3.63) is 35.4 Å². The molecule has 1 fully saturated rings. The van der Waals surface area contributed by atoms with Crippen LogP contribution < -0.4 is 5.32 Å². The van der Waals surface area contributed by atoms with Gasteiger partial charge in [0.15, 0.2) is 0 Å². The summed E-state index contributed by atoms with van der Waals surface area (Å²) in [5.74, 6) is 0. The third-order valence-electron chi connectivity index (χ3n) is 2.90. The van der Waals surface area contributed by atoms with Gasteiger partial charge in [0.25, 0.3) is 0 Å². The lowest BCUT2D eigenvalue weighted by Gasteiger charge is -2.15. The van der Waals surface area contributed by atoms with Gasteiger partial charge in [-0.3, -0.25) is 0 Å². The lowest BCUT2D eigenvalue weighted by Crippen LogP contribution is -2.36. The van der Waals surface area contributed by atoms with Crippen LogP contribution in [0.15, 0.2) is 24.3 Å². The topological polar surface area (TPSA) is 58.6 Å². The summed E-state index contributed by atoms with van der Waals surface area (Å²) in [5, 5.41) is 11.4. The molecule has 1 heterocycles. The van der Waals surface area contributed by atoms with Crippen LogP contribution in [-0.4, -0.2) is 30.0 Å². The quantitative estimate of drug-likeness (QED) is 0.883. The molecular formula is C12H12F3NO3. The van der Waals surface area contributed by atoms with E-state index in [1.165, 1.54) is 12.1 Å². The molecule has 0 aliphatic carbocycles. The molecular weight excluding hydrogens is 263 g/mol.